The van der Waals surface area contributed by atoms with E-state index >= 15 is 0 Å². The second-order valence-electron chi connectivity index (χ2n) is 4.38. The standard InChI is InChI=1S/C15H13ClN2OS/c1-9-3-2-4-11(7-9)15(19)18-13-6-5-10(14(17)20)8-12(13)16/h2-8H,1H3,(H2,17,20)(H,18,19). The Hall–Kier alpha value is -1.91. The van der Waals surface area contributed by atoms with Gasteiger partial charge in [0.25, 0.3) is 5.91 Å². The van der Waals surface area contributed by atoms with Crippen LogP contribution in [0.5, 0.6) is 0 Å². The van der Waals surface area contributed by atoms with Crippen molar-refractivity contribution in [1.82, 2.24) is 0 Å². The normalized spacial score (nSPS) is 10.1. The van der Waals surface area contributed by atoms with E-state index < -0.39 is 0 Å². The number of thiocarbonyl (C=S) groups is 1. The molecule has 0 aliphatic heterocycles. The number of anilines is 1. The summed E-state index contributed by atoms with van der Waals surface area (Å²) in [5.74, 6) is -0.210. The van der Waals surface area contributed by atoms with Gasteiger partial charge in [-0.1, -0.05) is 41.5 Å². The average Bonchev–Trinajstić information content (AvgIpc) is 2.40. The van der Waals surface area contributed by atoms with E-state index in [1.165, 1.54) is 0 Å². The minimum Gasteiger partial charge on any atom is -0.389 e. The summed E-state index contributed by atoms with van der Waals surface area (Å²) < 4.78 is 0. The first-order valence-electron chi connectivity index (χ1n) is 5.95. The molecular formula is C15H13ClN2OS. The fraction of sp³-hybridized carbons (Fsp3) is 0.0667. The van der Waals surface area contributed by atoms with Gasteiger partial charge in [0.05, 0.1) is 10.7 Å². The van der Waals surface area contributed by atoms with Crippen molar-refractivity contribution in [3.8, 4) is 0 Å². The molecule has 0 fully saturated rings. The molecule has 0 aromatic heterocycles. The second kappa shape index (κ2) is 6.03. The van der Waals surface area contributed by atoms with Crippen LogP contribution in [0.25, 0.3) is 0 Å². The average molecular weight is 305 g/mol. The smallest absolute Gasteiger partial charge is 0.255 e. The van der Waals surface area contributed by atoms with Crippen LogP contribution in [0.1, 0.15) is 21.5 Å². The molecule has 102 valence electrons. The third-order valence-corrected chi connectivity index (χ3v) is 3.33. The predicted octanol–water partition coefficient (Wildman–Crippen LogP) is 3.53. The minimum absolute atomic E-state index is 0.210. The lowest BCUT2D eigenvalue weighted by Gasteiger charge is -2.09. The number of amides is 1. The largest absolute Gasteiger partial charge is 0.389 e. The maximum atomic E-state index is 12.1. The Labute approximate surface area is 127 Å². The Bertz CT molecular complexity index is 685. The molecule has 0 saturated heterocycles. The zero-order valence-corrected chi connectivity index (χ0v) is 12.4. The highest BCUT2D eigenvalue weighted by Crippen LogP contribution is 2.23. The molecule has 0 atom stereocenters. The highest BCUT2D eigenvalue weighted by molar-refractivity contribution is 7.80. The molecule has 5 heteroatoms. The number of hydrogen-bond acceptors (Lipinski definition) is 2. The zero-order valence-electron chi connectivity index (χ0n) is 10.8. The van der Waals surface area contributed by atoms with Gasteiger partial charge < -0.3 is 11.1 Å². The van der Waals surface area contributed by atoms with Gasteiger partial charge in [-0.2, -0.15) is 0 Å². The van der Waals surface area contributed by atoms with Crippen molar-refractivity contribution in [1.29, 1.82) is 0 Å². The van der Waals surface area contributed by atoms with Crippen LogP contribution in [0.2, 0.25) is 5.02 Å². The van der Waals surface area contributed by atoms with Crippen LogP contribution in [0.4, 0.5) is 5.69 Å². The number of halogens is 1. The van der Waals surface area contributed by atoms with Gasteiger partial charge in [-0.25, -0.2) is 0 Å². The lowest BCUT2D eigenvalue weighted by molar-refractivity contribution is 0.102. The lowest BCUT2D eigenvalue weighted by atomic mass is 10.1. The number of nitrogens with two attached hydrogens (primary N) is 1. The van der Waals surface area contributed by atoms with Crippen LogP contribution in [-0.4, -0.2) is 10.9 Å². The molecule has 3 N–H and O–H groups in total. The van der Waals surface area contributed by atoms with Crippen LogP contribution in [0.3, 0.4) is 0 Å². The molecular weight excluding hydrogens is 292 g/mol. The van der Waals surface area contributed by atoms with E-state index in [0.29, 0.717) is 21.8 Å². The topological polar surface area (TPSA) is 55.1 Å². The first kappa shape index (κ1) is 14.5. The molecule has 0 radical (unpaired) electrons. The van der Waals surface area contributed by atoms with Crippen molar-refractivity contribution < 1.29 is 4.79 Å². The van der Waals surface area contributed by atoms with E-state index in [-0.39, 0.29) is 10.9 Å². The maximum Gasteiger partial charge on any atom is 0.255 e. The van der Waals surface area contributed by atoms with Crippen LogP contribution in [-0.2, 0) is 0 Å². The number of carbonyl (C=O) groups excluding carboxylic acids is 1. The first-order valence-corrected chi connectivity index (χ1v) is 6.73. The van der Waals surface area contributed by atoms with E-state index in [0.717, 1.165) is 5.56 Å². The Morgan fingerprint density at radius 1 is 1.20 bits per heavy atom. The van der Waals surface area contributed by atoms with Gasteiger partial charge in [0.15, 0.2) is 0 Å². The Morgan fingerprint density at radius 3 is 2.55 bits per heavy atom. The van der Waals surface area contributed by atoms with Crippen molar-refractivity contribution in [2.45, 2.75) is 6.92 Å². The molecule has 0 spiro atoms. The van der Waals surface area contributed by atoms with Gasteiger partial charge in [-0.3, -0.25) is 4.79 Å². The van der Waals surface area contributed by atoms with Crippen molar-refractivity contribution in [2.75, 3.05) is 5.32 Å². The molecule has 0 bridgehead atoms. The fourth-order valence-electron chi connectivity index (χ4n) is 1.75. The van der Waals surface area contributed by atoms with Gasteiger partial charge in [0.2, 0.25) is 0 Å². The van der Waals surface area contributed by atoms with Crippen molar-refractivity contribution in [2.24, 2.45) is 5.73 Å². The van der Waals surface area contributed by atoms with Gasteiger partial charge in [0, 0.05) is 11.1 Å². The predicted molar refractivity (Wildman–Crippen MR) is 86.5 cm³/mol. The summed E-state index contributed by atoms with van der Waals surface area (Å²) in [5, 5.41) is 3.16. The molecule has 2 aromatic carbocycles. The van der Waals surface area contributed by atoms with Crippen molar-refractivity contribution in [3.05, 3.63) is 64.2 Å². The number of rotatable bonds is 3. The molecule has 0 aliphatic carbocycles. The highest BCUT2D eigenvalue weighted by atomic mass is 35.5. The fourth-order valence-corrected chi connectivity index (χ4v) is 2.11. The maximum absolute atomic E-state index is 12.1. The molecule has 1 amide bonds. The summed E-state index contributed by atoms with van der Waals surface area (Å²) in [5.41, 5.74) is 8.32. The summed E-state index contributed by atoms with van der Waals surface area (Å²) in [7, 11) is 0. The third kappa shape index (κ3) is 3.35. The molecule has 0 heterocycles. The molecule has 20 heavy (non-hydrogen) atoms. The second-order valence-corrected chi connectivity index (χ2v) is 5.23. The summed E-state index contributed by atoms with van der Waals surface area (Å²) >= 11 is 11.0. The molecule has 2 rings (SSSR count). The van der Waals surface area contributed by atoms with E-state index in [4.69, 9.17) is 29.6 Å². The number of aryl methyl sites for hydroxylation is 1. The molecule has 0 aliphatic rings. The van der Waals surface area contributed by atoms with Gasteiger partial charge in [0.1, 0.15) is 4.99 Å². The van der Waals surface area contributed by atoms with Crippen LogP contribution < -0.4 is 11.1 Å². The zero-order chi connectivity index (χ0) is 14.7. The van der Waals surface area contributed by atoms with Crippen LogP contribution in [0.15, 0.2) is 42.5 Å². The summed E-state index contributed by atoms with van der Waals surface area (Å²) in [6.07, 6.45) is 0. The molecule has 2 aromatic rings. The quantitative estimate of drug-likeness (QED) is 0.853. The molecule has 0 saturated carbocycles. The Kier molecular flexibility index (Phi) is 4.37. The van der Waals surface area contributed by atoms with Crippen molar-refractivity contribution >= 4 is 40.4 Å². The first-order chi connectivity index (χ1) is 9.47. The lowest BCUT2D eigenvalue weighted by Crippen LogP contribution is -2.13. The van der Waals surface area contributed by atoms with E-state index in [1.807, 2.05) is 25.1 Å². The monoisotopic (exact) mass is 304 g/mol. The van der Waals surface area contributed by atoms with Gasteiger partial charge in [-0.15, -0.1) is 0 Å². The Balaban J connectivity index is 2.22. The molecule has 0 unspecified atom stereocenters. The number of hydrogen-bond donors (Lipinski definition) is 2. The number of nitrogens with one attached hydrogen (secondary N) is 1. The van der Waals surface area contributed by atoms with E-state index in [2.05, 4.69) is 5.32 Å². The third-order valence-electron chi connectivity index (χ3n) is 2.78. The summed E-state index contributed by atoms with van der Waals surface area (Å²) in [6, 6.07) is 12.4. The summed E-state index contributed by atoms with van der Waals surface area (Å²) in [6.45, 7) is 1.93. The van der Waals surface area contributed by atoms with Gasteiger partial charge in [-0.05, 0) is 37.3 Å². The van der Waals surface area contributed by atoms with Gasteiger partial charge >= 0.3 is 0 Å². The SMILES string of the molecule is Cc1cccc(C(=O)Nc2ccc(C(N)=S)cc2Cl)c1. The number of carbonyl (C=O) groups is 1. The number of benzene rings is 2. The van der Waals surface area contributed by atoms with Crippen molar-refractivity contribution in [3.63, 3.8) is 0 Å². The van der Waals surface area contributed by atoms with Crippen LogP contribution >= 0.6 is 23.8 Å². The Morgan fingerprint density at radius 2 is 1.95 bits per heavy atom. The van der Waals surface area contributed by atoms with Crippen LogP contribution in [0, 0.1) is 6.92 Å². The van der Waals surface area contributed by atoms with E-state index in [1.54, 1.807) is 24.3 Å². The van der Waals surface area contributed by atoms with E-state index in [9.17, 15) is 4.79 Å². The molecule has 3 nitrogen and oxygen atoms in total. The minimum atomic E-state index is -0.210. The highest BCUT2D eigenvalue weighted by Gasteiger charge is 2.09. The summed E-state index contributed by atoms with van der Waals surface area (Å²) in [4.78, 5) is 12.4.